The van der Waals surface area contributed by atoms with Gasteiger partial charge in [-0.05, 0) is 67.9 Å². The summed E-state index contributed by atoms with van der Waals surface area (Å²) < 4.78 is 34.9. The normalized spacial score (nSPS) is 20.1. The van der Waals surface area contributed by atoms with Crippen LogP contribution in [0.1, 0.15) is 74.8 Å². The Morgan fingerprint density at radius 2 is 1.76 bits per heavy atom. The molecule has 0 bridgehead atoms. The average Bonchev–Trinajstić information content (AvgIpc) is 3.70. The molecule has 5 rings (SSSR count). The number of carboxylic acid groups (broad SMARTS) is 1. The van der Waals surface area contributed by atoms with E-state index in [0.717, 1.165) is 24.0 Å². The van der Waals surface area contributed by atoms with E-state index >= 15 is 0 Å². The number of aryl methyl sites for hydroxylation is 1. The van der Waals surface area contributed by atoms with Crippen molar-refractivity contribution in [1.29, 1.82) is 0 Å². The Balaban J connectivity index is 1.29. The molecule has 2 aromatic rings. The van der Waals surface area contributed by atoms with Crippen molar-refractivity contribution in [3.8, 4) is 5.75 Å². The number of carbonyl (C=O) groups is 2. The summed E-state index contributed by atoms with van der Waals surface area (Å²) in [6.45, 7) is 2.91. The largest absolute Gasteiger partial charge is 0.481 e. The van der Waals surface area contributed by atoms with Gasteiger partial charge in [0.1, 0.15) is 11.6 Å². The summed E-state index contributed by atoms with van der Waals surface area (Å²) in [6, 6.07) is 10.7. The second kappa shape index (κ2) is 10.6. The molecular weight excluding hydrogens is 506 g/mol. The summed E-state index contributed by atoms with van der Waals surface area (Å²) in [5.74, 6) is -0.397. The molecule has 2 aliphatic carbocycles. The first kappa shape index (κ1) is 26.5. The van der Waals surface area contributed by atoms with Gasteiger partial charge in [-0.25, -0.2) is 9.71 Å². The third-order valence-corrected chi connectivity index (χ3v) is 9.25. The highest BCUT2D eigenvalue weighted by Crippen LogP contribution is 2.45. The molecule has 1 amide bonds. The molecule has 2 heterocycles. The van der Waals surface area contributed by atoms with Crippen LogP contribution in [-0.2, 0) is 19.6 Å². The molecule has 2 saturated carbocycles. The van der Waals surface area contributed by atoms with E-state index in [2.05, 4.69) is 21.8 Å². The number of rotatable bonds is 8. The zero-order chi connectivity index (χ0) is 26.9. The summed E-state index contributed by atoms with van der Waals surface area (Å²) in [5.41, 5.74) is 0.913. The van der Waals surface area contributed by atoms with Crippen LogP contribution in [0.15, 0.2) is 41.4 Å². The summed E-state index contributed by atoms with van der Waals surface area (Å²) >= 11 is 0. The van der Waals surface area contributed by atoms with Crippen LogP contribution in [0.25, 0.3) is 0 Å². The van der Waals surface area contributed by atoms with E-state index < -0.39 is 33.4 Å². The fourth-order valence-corrected chi connectivity index (χ4v) is 6.54. The molecule has 10 heteroatoms. The van der Waals surface area contributed by atoms with Gasteiger partial charge in [0.25, 0.3) is 15.9 Å². The Hall–Kier alpha value is -3.14. The van der Waals surface area contributed by atoms with Crippen molar-refractivity contribution >= 4 is 27.7 Å². The molecular formula is C28H35N3O6S. The summed E-state index contributed by atoms with van der Waals surface area (Å²) in [4.78, 5) is 30.7. The number of pyridine rings is 1. The van der Waals surface area contributed by atoms with Gasteiger partial charge in [-0.2, -0.15) is 8.42 Å². The van der Waals surface area contributed by atoms with Crippen molar-refractivity contribution in [2.24, 2.45) is 5.92 Å². The number of aromatic nitrogens is 1. The standard InChI is InChI=1S/C28H35N3O6S/c1-19-10-11-22(20-6-3-2-4-7-20)23(18-19)37-28(14-15-28)27(34)30-38(35,36)25-9-5-8-24(29-25)31-16-12-21(13-17-31)26(32)33/h5,8-11,18,20-21H,2-4,6-7,12-17H2,1H3,(H,30,34)(H,32,33). The summed E-state index contributed by atoms with van der Waals surface area (Å²) in [6.07, 6.45) is 7.57. The molecule has 9 nitrogen and oxygen atoms in total. The first-order chi connectivity index (χ1) is 18.2. The van der Waals surface area contributed by atoms with E-state index in [4.69, 9.17) is 4.74 Å². The van der Waals surface area contributed by atoms with E-state index in [1.54, 1.807) is 12.1 Å². The Morgan fingerprint density at radius 3 is 2.42 bits per heavy atom. The van der Waals surface area contributed by atoms with Crippen LogP contribution in [0.2, 0.25) is 0 Å². The molecule has 3 aliphatic rings. The van der Waals surface area contributed by atoms with Crippen LogP contribution < -0.4 is 14.4 Å². The number of sulfonamides is 1. The van der Waals surface area contributed by atoms with Gasteiger partial charge in [0, 0.05) is 25.9 Å². The minimum atomic E-state index is -4.23. The molecule has 204 valence electrons. The molecule has 0 radical (unpaired) electrons. The molecule has 2 N–H and O–H groups in total. The predicted octanol–water partition coefficient (Wildman–Crippen LogP) is 4.16. The van der Waals surface area contributed by atoms with Crippen molar-refractivity contribution in [2.75, 3.05) is 18.0 Å². The van der Waals surface area contributed by atoms with Crippen LogP contribution >= 0.6 is 0 Å². The molecule has 1 aromatic carbocycles. The molecule has 3 fully saturated rings. The topological polar surface area (TPSA) is 126 Å². The fourth-order valence-electron chi connectivity index (χ4n) is 5.53. The van der Waals surface area contributed by atoms with Gasteiger partial charge < -0.3 is 14.7 Å². The maximum atomic E-state index is 13.3. The lowest BCUT2D eigenvalue weighted by Gasteiger charge is -2.31. The van der Waals surface area contributed by atoms with Gasteiger partial charge in [0.15, 0.2) is 10.6 Å². The highest BCUT2D eigenvalue weighted by molar-refractivity contribution is 7.90. The lowest BCUT2D eigenvalue weighted by atomic mass is 9.83. The Labute approximate surface area is 223 Å². The lowest BCUT2D eigenvalue weighted by Crippen LogP contribution is -2.44. The van der Waals surface area contributed by atoms with E-state index in [-0.39, 0.29) is 5.03 Å². The van der Waals surface area contributed by atoms with Crippen molar-refractivity contribution in [3.05, 3.63) is 47.5 Å². The van der Waals surface area contributed by atoms with Gasteiger partial charge >= 0.3 is 5.97 Å². The van der Waals surface area contributed by atoms with Crippen LogP contribution in [0.4, 0.5) is 5.82 Å². The van der Waals surface area contributed by atoms with Gasteiger partial charge in [0.2, 0.25) is 0 Å². The number of aliphatic carboxylic acids is 1. The number of nitrogens with zero attached hydrogens (tertiary/aromatic N) is 2. The van der Waals surface area contributed by atoms with Crippen LogP contribution in [0.3, 0.4) is 0 Å². The number of carboxylic acids is 1. The molecule has 1 saturated heterocycles. The number of hydrogen-bond acceptors (Lipinski definition) is 7. The third kappa shape index (κ3) is 5.65. The molecule has 0 spiro atoms. The number of anilines is 1. The van der Waals surface area contributed by atoms with Crippen molar-refractivity contribution in [1.82, 2.24) is 9.71 Å². The van der Waals surface area contributed by atoms with Gasteiger partial charge in [-0.1, -0.05) is 37.5 Å². The minimum Gasteiger partial charge on any atom is -0.481 e. The SMILES string of the molecule is Cc1ccc(C2CCCCC2)c(OC2(C(=O)NS(=O)(=O)c3cccc(N4CCC(C(=O)O)CC4)n3)CC2)c1. The first-order valence-corrected chi connectivity index (χ1v) is 15.0. The van der Waals surface area contributed by atoms with Crippen LogP contribution in [0, 0.1) is 12.8 Å². The number of hydrogen-bond donors (Lipinski definition) is 2. The third-order valence-electron chi connectivity index (χ3n) is 8.02. The summed E-state index contributed by atoms with van der Waals surface area (Å²) in [5, 5.41) is 8.97. The average molecular weight is 542 g/mol. The van der Waals surface area contributed by atoms with E-state index in [0.29, 0.717) is 56.3 Å². The first-order valence-electron chi connectivity index (χ1n) is 13.5. The van der Waals surface area contributed by atoms with E-state index in [1.807, 2.05) is 17.9 Å². The van der Waals surface area contributed by atoms with Gasteiger partial charge in [-0.15, -0.1) is 0 Å². The molecule has 1 aliphatic heterocycles. The molecule has 0 unspecified atom stereocenters. The number of piperidine rings is 1. The van der Waals surface area contributed by atoms with Crippen LogP contribution in [0.5, 0.6) is 5.75 Å². The predicted molar refractivity (Wildman–Crippen MR) is 142 cm³/mol. The monoisotopic (exact) mass is 541 g/mol. The number of carbonyl (C=O) groups excluding carboxylic acids is 1. The fraction of sp³-hybridized carbons (Fsp3) is 0.536. The zero-order valence-electron chi connectivity index (χ0n) is 21.7. The van der Waals surface area contributed by atoms with E-state index in [9.17, 15) is 23.1 Å². The van der Waals surface area contributed by atoms with Crippen LogP contribution in [-0.4, -0.2) is 49.1 Å². The zero-order valence-corrected chi connectivity index (χ0v) is 22.5. The van der Waals surface area contributed by atoms with Gasteiger partial charge in [0.05, 0.1) is 5.92 Å². The smallest absolute Gasteiger partial charge is 0.306 e. The number of nitrogens with one attached hydrogen (secondary N) is 1. The second-order valence-corrected chi connectivity index (χ2v) is 12.5. The van der Waals surface area contributed by atoms with Gasteiger partial charge in [-0.3, -0.25) is 9.59 Å². The maximum absolute atomic E-state index is 13.3. The van der Waals surface area contributed by atoms with Crippen molar-refractivity contribution < 1.29 is 27.9 Å². The maximum Gasteiger partial charge on any atom is 0.306 e. The minimum absolute atomic E-state index is 0.252. The Bertz CT molecular complexity index is 1310. The highest BCUT2D eigenvalue weighted by atomic mass is 32.2. The Kier molecular flexibility index (Phi) is 7.35. The highest BCUT2D eigenvalue weighted by Gasteiger charge is 2.54. The van der Waals surface area contributed by atoms with Crippen molar-refractivity contribution in [2.45, 2.75) is 81.3 Å². The molecule has 1 aromatic heterocycles. The number of amides is 1. The number of ether oxygens (including phenoxy) is 1. The molecule has 38 heavy (non-hydrogen) atoms. The lowest BCUT2D eigenvalue weighted by molar-refractivity contribution is -0.142. The second-order valence-electron chi connectivity index (χ2n) is 10.8. The van der Waals surface area contributed by atoms with E-state index in [1.165, 1.54) is 25.3 Å². The quantitative estimate of drug-likeness (QED) is 0.510. The van der Waals surface area contributed by atoms with Crippen molar-refractivity contribution in [3.63, 3.8) is 0 Å². The number of benzene rings is 1. The Morgan fingerprint density at radius 1 is 1.05 bits per heavy atom. The summed E-state index contributed by atoms with van der Waals surface area (Å²) in [7, 11) is -4.23. The molecule has 0 atom stereocenters.